The molecule has 1 rings (SSSR count). The highest BCUT2D eigenvalue weighted by atomic mass is 32.2. The summed E-state index contributed by atoms with van der Waals surface area (Å²) in [5.74, 6) is 0. The van der Waals surface area contributed by atoms with Gasteiger partial charge in [-0.1, -0.05) is 0 Å². The van der Waals surface area contributed by atoms with Gasteiger partial charge in [-0.3, -0.25) is 0 Å². The van der Waals surface area contributed by atoms with E-state index in [0.29, 0.717) is 19.5 Å². The molecule has 0 amide bonds. The first-order chi connectivity index (χ1) is 8.74. The molecule has 0 radical (unpaired) electrons. The van der Waals surface area contributed by atoms with Gasteiger partial charge in [0.15, 0.2) is 0 Å². The van der Waals surface area contributed by atoms with Crippen LogP contribution in [0.2, 0.25) is 0 Å². The average molecular weight is 288 g/mol. The molecule has 7 heteroatoms. The highest BCUT2D eigenvalue weighted by Crippen LogP contribution is 2.11. The molecule has 0 bridgehead atoms. The number of sulfonamides is 1. The zero-order valence-electron chi connectivity index (χ0n) is 11.8. The minimum atomic E-state index is -3.04. The van der Waals surface area contributed by atoms with Crippen LogP contribution in [0.5, 0.6) is 0 Å². The second kappa shape index (κ2) is 6.66. The number of piperazine rings is 1. The van der Waals surface area contributed by atoms with Crippen LogP contribution < -0.4 is 5.73 Å². The van der Waals surface area contributed by atoms with E-state index < -0.39 is 15.6 Å². The van der Waals surface area contributed by atoms with E-state index in [1.165, 1.54) is 10.6 Å². The van der Waals surface area contributed by atoms with Crippen LogP contribution in [0.25, 0.3) is 0 Å². The van der Waals surface area contributed by atoms with Gasteiger partial charge in [0.25, 0.3) is 0 Å². The number of hydrogen-bond acceptors (Lipinski definition) is 5. The molecular formula is C12H24N4O2S. The van der Waals surface area contributed by atoms with E-state index in [1.807, 2.05) is 0 Å². The summed E-state index contributed by atoms with van der Waals surface area (Å²) in [4.78, 5) is 2.27. The molecule has 1 atom stereocenters. The van der Waals surface area contributed by atoms with Crippen molar-refractivity contribution in [1.82, 2.24) is 9.21 Å². The van der Waals surface area contributed by atoms with E-state index in [-0.39, 0.29) is 0 Å². The molecule has 1 fully saturated rings. The van der Waals surface area contributed by atoms with E-state index in [4.69, 9.17) is 11.0 Å². The molecule has 110 valence electrons. The average Bonchev–Trinajstić information content (AvgIpc) is 2.34. The molecule has 1 saturated heterocycles. The molecule has 1 aliphatic rings. The van der Waals surface area contributed by atoms with Crippen molar-refractivity contribution in [2.75, 3.05) is 39.0 Å². The highest BCUT2D eigenvalue weighted by molar-refractivity contribution is 7.88. The molecule has 2 N–H and O–H groups in total. The molecule has 1 heterocycles. The summed E-state index contributed by atoms with van der Waals surface area (Å²) in [6.07, 6.45) is 3.87. The maximum Gasteiger partial charge on any atom is 0.211 e. The zero-order chi connectivity index (χ0) is 14.5. The molecule has 19 heavy (non-hydrogen) atoms. The Morgan fingerprint density at radius 3 is 2.32 bits per heavy atom. The molecule has 0 aromatic heterocycles. The van der Waals surface area contributed by atoms with Crippen molar-refractivity contribution >= 4 is 10.0 Å². The topological polar surface area (TPSA) is 90.4 Å². The first kappa shape index (κ1) is 16.4. The predicted molar refractivity (Wildman–Crippen MR) is 74.9 cm³/mol. The summed E-state index contributed by atoms with van der Waals surface area (Å²) < 4.78 is 24.2. The van der Waals surface area contributed by atoms with E-state index in [1.54, 1.807) is 6.92 Å². The van der Waals surface area contributed by atoms with E-state index in [9.17, 15) is 8.42 Å². The SMILES string of the molecule is CC(N)(C#N)CCCCN1CCN(S(C)(=O)=O)CC1. The first-order valence-corrected chi connectivity index (χ1v) is 8.47. The standard InChI is InChI=1S/C12H24N4O2S/c1-12(14,11-13)5-3-4-6-15-7-9-16(10-8-15)19(2,17)18/h3-10,14H2,1-2H3. The quantitative estimate of drug-likeness (QED) is 0.693. The van der Waals surface area contributed by atoms with Crippen molar-refractivity contribution in [2.24, 2.45) is 5.73 Å². The third-order valence-electron chi connectivity index (χ3n) is 3.48. The molecule has 1 unspecified atom stereocenters. The molecule has 0 aliphatic carbocycles. The minimum Gasteiger partial charge on any atom is -0.314 e. The predicted octanol–water partition coefficient (Wildman–Crippen LogP) is -0.0251. The maximum absolute atomic E-state index is 11.4. The van der Waals surface area contributed by atoms with Crippen LogP contribution in [0.15, 0.2) is 0 Å². The van der Waals surface area contributed by atoms with Crippen molar-refractivity contribution < 1.29 is 8.42 Å². The van der Waals surface area contributed by atoms with Gasteiger partial charge in [0.05, 0.1) is 12.3 Å². The van der Waals surface area contributed by atoms with Gasteiger partial charge in [0.2, 0.25) is 10.0 Å². The van der Waals surface area contributed by atoms with Gasteiger partial charge >= 0.3 is 0 Å². The van der Waals surface area contributed by atoms with Crippen molar-refractivity contribution in [2.45, 2.75) is 31.7 Å². The molecule has 0 spiro atoms. The Hall–Kier alpha value is -0.680. The second-order valence-electron chi connectivity index (χ2n) is 5.49. The number of hydrogen-bond donors (Lipinski definition) is 1. The van der Waals surface area contributed by atoms with Crippen LogP contribution in [0.1, 0.15) is 26.2 Å². The van der Waals surface area contributed by atoms with E-state index >= 15 is 0 Å². The Labute approximate surface area is 116 Å². The summed E-state index contributed by atoms with van der Waals surface area (Å²) in [5.41, 5.74) is 5.03. The number of nitrogens with zero attached hydrogens (tertiary/aromatic N) is 3. The summed E-state index contributed by atoms with van der Waals surface area (Å²) in [6, 6.07) is 2.09. The lowest BCUT2D eigenvalue weighted by atomic mass is 9.98. The Morgan fingerprint density at radius 2 is 1.84 bits per heavy atom. The Kier molecular flexibility index (Phi) is 5.74. The second-order valence-corrected chi connectivity index (χ2v) is 7.47. The van der Waals surface area contributed by atoms with Crippen molar-refractivity contribution in [1.29, 1.82) is 5.26 Å². The fraction of sp³-hybridized carbons (Fsp3) is 0.917. The van der Waals surface area contributed by atoms with Crippen LogP contribution in [-0.2, 0) is 10.0 Å². The fourth-order valence-electron chi connectivity index (χ4n) is 2.17. The number of nitrogens with two attached hydrogens (primary N) is 1. The number of unbranched alkanes of at least 4 members (excludes halogenated alkanes) is 1. The zero-order valence-corrected chi connectivity index (χ0v) is 12.6. The largest absolute Gasteiger partial charge is 0.314 e. The Morgan fingerprint density at radius 1 is 1.26 bits per heavy atom. The third-order valence-corrected chi connectivity index (χ3v) is 4.78. The van der Waals surface area contributed by atoms with Crippen LogP contribution in [-0.4, -0.2) is 62.1 Å². The van der Waals surface area contributed by atoms with Crippen LogP contribution in [0.4, 0.5) is 0 Å². The summed E-state index contributed by atoms with van der Waals surface area (Å²) in [7, 11) is -3.04. The normalized spacial score (nSPS) is 21.8. The van der Waals surface area contributed by atoms with Crippen molar-refractivity contribution in [3.8, 4) is 6.07 Å². The molecule has 6 nitrogen and oxygen atoms in total. The monoisotopic (exact) mass is 288 g/mol. The Balaban J connectivity index is 2.19. The number of nitriles is 1. The van der Waals surface area contributed by atoms with Crippen molar-refractivity contribution in [3.63, 3.8) is 0 Å². The van der Waals surface area contributed by atoms with E-state index in [2.05, 4.69) is 11.0 Å². The molecule has 1 aliphatic heterocycles. The van der Waals surface area contributed by atoms with Gasteiger partial charge in [-0.25, -0.2) is 8.42 Å². The lowest BCUT2D eigenvalue weighted by molar-refractivity contribution is 0.185. The minimum absolute atomic E-state index is 0.575. The maximum atomic E-state index is 11.4. The van der Waals surface area contributed by atoms with Gasteiger partial charge < -0.3 is 10.6 Å². The molecule has 0 saturated carbocycles. The van der Waals surface area contributed by atoms with Gasteiger partial charge in [-0.2, -0.15) is 9.57 Å². The summed E-state index contributed by atoms with van der Waals surface area (Å²) in [6.45, 7) is 5.41. The van der Waals surface area contributed by atoms with E-state index in [0.717, 1.165) is 32.5 Å². The van der Waals surface area contributed by atoms with Crippen LogP contribution in [0, 0.1) is 11.3 Å². The summed E-state index contributed by atoms with van der Waals surface area (Å²) in [5, 5.41) is 8.80. The Bertz CT molecular complexity index is 420. The molecular weight excluding hydrogens is 264 g/mol. The van der Waals surface area contributed by atoms with Gasteiger partial charge in [0, 0.05) is 26.2 Å². The van der Waals surface area contributed by atoms with Crippen LogP contribution >= 0.6 is 0 Å². The third kappa shape index (κ3) is 5.87. The van der Waals surface area contributed by atoms with Gasteiger partial charge in [0.1, 0.15) is 5.54 Å². The van der Waals surface area contributed by atoms with Crippen molar-refractivity contribution in [3.05, 3.63) is 0 Å². The lowest BCUT2D eigenvalue weighted by Gasteiger charge is -2.33. The van der Waals surface area contributed by atoms with Gasteiger partial charge in [-0.15, -0.1) is 0 Å². The number of rotatable bonds is 6. The smallest absolute Gasteiger partial charge is 0.211 e. The lowest BCUT2D eigenvalue weighted by Crippen LogP contribution is -2.48. The molecule has 0 aromatic rings. The fourth-order valence-corrected chi connectivity index (χ4v) is 2.99. The summed E-state index contributed by atoms with van der Waals surface area (Å²) >= 11 is 0. The highest BCUT2D eigenvalue weighted by Gasteiger charge is 2.23. The van der Waals surface area contributed by atoms with Crippen LogP contribution in [0.3, 0.4) is 0 Å². The van der Waals surface area contributed by atoms with Gasteiger partial charge in [-0.05, 0) is 32.7 Å². The molecule has 0 aromatic carbocycles. The first-order valence-electron chi connectivity index (χ1n) is 6.62.